The Labute approximate surface area is 120 Å². The first kappa shape index (κ1) is 15.5. The summed E-state index contributed by atoms with van der Waals surface area (Å²) in [5.74, 6) is 0.526. The third kappa shape index (κ3) is 3.07. The van der Waals surface area contributed by atoms with Gasteiger partial charge in [0.2, 0.25) is 0 Å². The van der Waals surface area contributed by atoms with E-state index in [9.17, 15) is 13.2 Å². The third-order valence-corrected chi connectivity index (χ3v) is 3.59. The van der Waals surface area contributed by atoms with Gasteiger partial charge in [-0.25, -0.2) is 0 Å². The van der Waals surface area contributed by atoms with E-state index in [0.29, 0.717) is 24.2 Å². The molecule has 1 aromatic carbocycles. The fourth-order valence-corrected chi connectivity index (χ4v) is 1.91. The minimum absolute atomic E-state index is 0.162. The molecular weight excluding hydrogens is 283 g/mol. The third-order valence-electron chi connectivity index (χ3n) is 3.59. The van der Waals surface area contributed by atoms with Gasteiger partial charge in [0.25, 0.3) is 5.89 Å². The van der Waals surface area contributed by atoms with Gasteiger partial charge in [-0.3, -0.25) is 0 Å². The van der Waals surface area contributed by atoms with Crippen LogP contribution in [0.4, 0.5) is 13.2 Å². The summed E-state index contributed by atoms with van der Waals surface area (Å²) in [5.41, 5.74) is 5.18. The van der Waals surface area contributed by atoms with Crippen molar-refractivity contribution in [3.8, 4) is 11.5 Å². The number of benzene rings is 1. The van der Waals surface area contributed by atoms with Crippen molar-refractivity contribution in [2.24, 2.45) is 5.73 Å². The molecule has 1 heterocycles. The van der Waals surface area contributed by atoms with Crippen molar-refractivity contribution in [3.05, 3.63) is 35.7 Å². The van der Waals surface area contributed by atoms with Crippen LogP contribution in [0, 0.1) is 0 Å². The summed E-state index contributed by atoms with van der Waals surface area (Å²) >= 11 is 0. The Balaban J connectivity index is 2.30. The van der Waals surface area contributed by atoms with Gasteiger partial charge in [0.1, 0.15) is 0 Å². The maximum atomic E-state index is 12.5. The van der Waals surface area contributed by atoms with Crippen LogP contribution in [0.1, 0.15) is 38.1 Å². The lowest BCUT2D eigenvalue weighted by Gasteiger charge is -2.21. The molecule has 0 saturated heterocycles. The van der Waals surface area contributed by atoms with Crippen LogP contribution in [0.2, 0.25) is 0 Å². The molecule has 0 bridgehead atoms. The summed E-state index contributed by atoms with van der Waals surface area (Å²) in [4.78, 5) is 4.20. The average Bonchev–Trinajstić information content (AvgIpc) is 2.96. The van der Waals surface area contributed by atoms with E-state index in [-0.39, 0.29) is 5.89 Å². The molecule has 114 valence electrons. The van der Waals surface area contributed by atoms with Crippen molar-refractivity contribution >= 4 is 0 Å². The SMILES string of the molecule is CCC(N)(CC)c1noc(-c2ccc(C(F)(F)F)cc2)n1. The standard InChI is InChI=1S/C14H16F3N3O/c1-3-13(18,4-2)12-19-11(21-20-12)9-5-7-10(8-6-9)14(15,16)17/h5-8H,3-4,18H2,1-2H3. The van der Waals surface area contributed by atoms with E-state index in [2.05, 4.69) is 10.1 Å². The Kier molecular flexibility index (Phi) is 4.04. The number of hydrogen-bond acceptors (Lipinski definition) is 4. The average molecular weight is 299 g/mol. The first-order valence-electron chi connectivity index (χ1n) is 6.61. The lowest BCUT2D eigenvalue weighted by atomic mass is 9.93. The van der Waals surface area contributed by atoms with E-state index >= 15 is 0 Å². The van der Waals surface area contributed by atoms with Crippen LogP contribution in [-0.4, -0.2) is 10.1 Å². The van der Waals surface area contributed by atoms with Crippen LogP contribution in [0.5, 0.6) is 0 Å². The number of rotatable bonds is 4. The molecule has 0 spiro atoms. The maximum Gasteiger partial charge on any atom is 0.416 e. The number of nitrogens with zero attached hydrogens (tertiary/aromatic N) is 2. The number of nitrogens with two attached hydrogens (primary N) is 1. The second kappa shape index (κ2) is 5.48. The van der Waals surface area contributed by atoms with Crippen molar-refractivity contribution in [2.75, 3.05) is 0 Å². The molecular formula is C14H16F3N3O. The van der Waals surface area contributed by atoms with E-state index < -0.39 is 17.3 Å². The molecule has 0 amide bonds. The predicted molar refractivity (Wildman–Crippen MR) is 71.2 cm³/mol. The molecule has 21 heavy (non-hydrogen) atoms. The summed E-state index contributed by atoms with van der Waals surface area (Å²) in [6, 6.07) is 4.56. The normalized spacial score (nSPS) is 12.7. The fraction of sp³-hybridized carbons (Fsp3) is 0.429. The molecule has 0 fully saturated rings. The Morgan fingerprint density at radius 1 is 1.10 bits per heavy atom. The lowest BCUT2D eigenvalue weighted by molar-refractivity contribution is -0.137. The molecule has 4 nitrogen and oxygen atoms in total. The molecule has 0 radical (unpaired) electrons. The van der Waals surface area contributed by atoms with Crippen molar-refractivity contribution < 1.29 is 17.7 Å². The Morgan fingerprint density at radius 3 is 2.14 bits per heavy atom. The summed E-state index contributed by atoms with van der Waals surface area (Å²) in [7, 11) is 0. The molecule has 2 aromatic rings. The molecule has 0 aliphatic carbocycles. The van der Waals surface area contributed by atoms with Gasteiger partial charge in [0.15, 0.2) is 5.82 Å². The van der Waals surface area contributed by atoms with Crippen LogP contribution in [-0.2, 0) is 11.7 Å². The second-order valence-electron chi connectivity index (χ2n) is 4.86. The van der Waals surface area contributed by atoms with Gasteiger partial charge in [-0.15, -0.1) is 0 Å². The highest BCUT2D eigenvalue weighted by atomic mass is 19.4. The first-order valence-corrected chi connectivity index (χ1v) is 6.61. The molecule has 0 saturated carbocycles. The minimum atomic E-state index is -4.37. The zero-order chi connectivity index (χ0) is 15.7. The molecule has 2 N–H and O–H groups in total. The largest absolute Gasteiger partial charge is 0.416 e. The van der Waals surface area contributed by atoms with Gasteiger partial charge >= 0.3 is 6.18 Å². The summed E-state index contributed by atoms with van der Waals surface area (Å²) in [6.07, 6.45) is -3.10. The van der Waals surface area contributed by atoms with E-state index in [1.807, 2.05) is 13.8 Å². The van der Waals surface area contributed by atoms with E-state index in [4.69, 9.17) is 10.3 Å². The summed E-state index contributed by atoms with van der Waals surface area (Å²) < 4.78 is 42.6. The highest BCUT2D eigenvalue weighted by molar-refractivity contribution is 5.53. The van der Waals surface area contributed by atoms with Crippen LogP contribution in [0.3, 0.4) is 0 Å². The van der Waals surface area contributed by atoms with Gasteiger partial charge in [0.05, 0.1) is 11.1 Å². The number of aromatic nitrogens is 2. The molecule has 0 aliphatic rings. The Morgan fingerprint density at radius 2 is 1.67 bits per heavy atom. The van der Waals surface area contributed by atoms with Gasteiger partial charge < -0.3 is 10.3 Å². The highest BCUT2D eigenvalue weighted by Crippen LogP contribution is 2.31. The van der Waals surface area contributed by atoms with Crippen molar-refractivity contribution in [2.45, 2.75) is 38.4 Å². The van der Waals surface area contributed by atoms with E-state index in [1.54, 1.807) is 0 Å². The molecule has 0 aliphatic heterocycles. The smallest absolute Gasteiger partial charge is 0.334 e. The molecule has 0 atom stereocenters. The molecule has 2 rings (SSSR count). The van der Waals surface area contributed by atoms with Gasteiger partial charge in [-0.1, -0.05) is 19.0 Å². The summed E-state index contributed by atoms with van der Waals surface area (Å²) in [6.45, 7) is 3.83. The van der Waals surface area contributed by atoms with Gasteiger partial charge in [-0.2, -0.15) is 18.2 Å². The lowest BCUT2D eigenvalue weighted by Crippen LogP contribution is -2.36. The number of alkyl halides is 3. The fourth-order valence-electron chi connectivity index (χ4n) is 1.91. The molecule has 0 unspecified atom stereocenters. The first-order chi connectivity index (χ1) is 9.80. The Bertz CT molecular complexity index is 601. The monoisotopic (exact) mass is 299 g/mol. The Hall–Kier alpha value is -1.89. The predicted octanol–water partition coefficient (Wildman–Crippen LogP) is 3.73. The van der Waals surface area contributed by atoms with Crippen molar-refractivity contribution in [1.82, 2.24) is 10.1 Å². The summed E-state index contributed by atoms with van der Waals surface area (Å²) in [5, 5.41) is 3.84. The number of hydrogen-bond donors (Lipinski definition) is 1. The zero-order valence-corrected chi connectivity index (χ0v) is 11.7. The van der Waals surface area contributed by atoms with E-state index in [1.165, 1.54) is 12.1 Å². The maximum absolute atomic E-state index is 12.5. The van der Waals surface area contributed by atoms with Crippen LogP contribution < -0.4 is 5.73 Å². The van der Waals surface area contributed by atoms with E-state index in [0.717, 1.165) is 12.1 Å². The zero-order valence-electron chi connectivity index (χ0n) is 11.7. The second-order valence-corrected chi connectivity index (χ2v) is 4.86. The molecule has 1 aromatic heterocycles. The minimum Gasteiger partial charge on any atom is -0.334 e. The highest BCUT2D eigenvalue weighted by Gasteiger charge is 2.31. The topological polar surface area (TPSA) is 64.9 Å². The van der Waals surface area contributed by atoms with Crippen LogP contribution >= 0.6 is 0 Å². The van der Waals surface area contributed by atoms with Gasteiger partial charge in [0, 0.05) is 5.56 Å². The molecule has 7 heteroatoms. The van der Waals surface area contributed by atoms with Crippen molar-refractivity contribution in [3.63, 3.8) is 0 Å². The van der Waals surface area contributed by atoms with Crippen molar-refractivity contribution in [1.29, 1.82) is 0 Å². The van der Waals surface area contributed by atoms with Crippen LogP contribution in [0.25, 0.3) is 11.5 Å². The quantitative estimate of drug-likeness (QED) is 0.934. The van der Waals surface area contributed by atoms with Crippen LogP contribution in [0.15, 0.2) is 28.8 Å². The number of halogens is 3. The van der Waals surface area contributed by atoms with Gasteiger partial charge in [-0.05, 0) is 37.1 Å².